The maximum atomic E-state index is 11.9. The van der Waals surface area contributed by atoms with Gasteiger partial charge in [-0.1, -0.05) is 18.5 Å². The van der Waals surface area contributed by atoms with Gasteiger partial charge >= 0.3 is 0 Å². The summed E-state index contributed by atoms with van der Waals surface area (Å²) in [5.74, 6) is -0.337. The van der Waals surface area contributed by atoms with Crippen LogP contribution in [0.5, 0.6) is 0 Å². The van der Waals surface area contributed by atoms with Crippen molar-refractivity contribution in [2.45, 2.75) is 13.3 Å². The average Bonchev–Trinajstić information content (AvgIpc) is 2.39. The van der Waals surface area contributed by atoms with Crippen LogP contribution >= 0.6 is 27.5 Å². The third kappa shape index (κ3) is 5.90. The summed E-state index contributed by atoms with van der Waals surface area (Å²) in [6, 6.07) is 1.58. The van der Waals surface area contributed by atoms with Gasteiger partial charge in [0.2, 0.25) is 10.0 Å². The molecule has 6 nitrogen and oxygen atoms in total. The van der Waals surface area contributed by atoms with E-state index in [1.165, 1.54) is 16.8 Å². The van der Waals surface area contributed by atoms with Crippen molar-refractivity contribution in [1.29, 1.82) is 0 Å². The summed E-state index contributed by atoms with van der Waals surface area (Å²) in [4.78, 5) is 15.8. The van der Waals surface area contributed by atoms with Crippen molar-refractivity contribution >= 4 is 43.5 Å². The van der Waals surface area contributed by atoms with Crippen LogP contribution in [0, 0.1) is 0 Å². The van der Waals surface area contributed by atoms with E-state index < -0.39 is 10.0 Å². The molecule has 0 aromatic carbocycles. The van der Waals surface area contributed by atoms with Crippen LogP contribution in [-0.2, 0) is 10.0 Å². The van der Waals surface area contributed by atoms with Crippen LogP contribution in [0.1, 0.15) is 23.7 Å². The van der Waals surface area contributed by atoms with Gasteiger partial charge in [-0.05, 0) is 28.4 Å². The van der Waals surface area contributed by atoms with Gasteiger partial charge in [-0.25, -0.2) is 17.7 Å². The Bertz CT molecular complexity index is 610. The molecular weight excluding hydrogens is 382 g/mol. The molecule has 1 aromatic rings. The molecule has 0 aliphatic rings. The monoisotopic (exact) mass is 397 g/mol. The highest BCUT2D eigenvalue weighted by atomic mass is 79.9. The lowest BCUT2D eigenvalue weighted by Crippen LogP contribution is -2.33. The molecular formula is C12H17BrClN3O3S. The number of aromatic nitrogens is 1. The normalized spacial score (nSPS) is 11.7. The van der Waals surface area contributed by atoms with Gasteiger partial charge in [-0.2, -0.15) is 0 Å². The highest BCUT2D eigenvalue weighted by Gasteiger charge is 2.14. The molecule has 0 unspecified atom stereocenters. The number of amides is 1. The molecule has 9 heteroatoms. The summed E-state index contributed by atoms with van der Waals surface area (Å²) in [7, 11) is -3.20. The Hall–Kier alpha value is -0.700. The van der Waals surface area contributed by atoms with Crippen LogP contribution < -0.4 is 5.32 Å². The number of halogens is 2. The highest BCUT2D eigenvalue weighted by molar-refractivity contribution is 9.10. The molecule has 0 radical (unpaired) electrons. The van der Waals surface area contributed by atoms with Crippen molar-refractivity contribution in [2.75, 3.05) is 25.9 Å². The van der Waals surface area contributed by atoms with E-state index in [1.54, 1.807) is 13.0 Å². The van der Waals surface area contributed by atoms with Gasteiger partial charge in [0.25, 0.3) is 5.91 Å². The Balaban J connectivity index is 2.49. The lowest BCUT2D eigenvalue weighted by atomic mass is 10.2. The molecule has 0 saturated carbocycles. The molecule has 0 saturated heterocycles. The molecule has 1 rings (SSSR count). The van der Waals surface area contributed by atoms with E-state index in [1.807, 2.05) is 0 Å². The van der Waals surface area contributed by atoms with Gasteiger partial charge in [-0.3, -0.25) is 4.79 Å². The van der Waals surface area contributed by atoms with Crippen LogP contribution in [0.25, 0.3) is 0 Å². The Morgan fingerprint density at radius 1 is 1.52 bits per heavy atom. The predicted octanol–water partition coefficient (Wildman–Crippen LogP) is 1.90. The number of carbonyl (C=O) groups excluding carboxylic acids is 1. The van der Waals surface area contributed by atoms with Crippen molar-refractivity contribution in [2.24, 2.45) is 0 Å². The second-order valence-corrected chi connectivity index (χ2v) is 7.61. The third-order valence-electron chi connectivity index (χ3n) is 2.74. The fourth-order valence-electron chi connectivity index (χ4n) is 1.69. The SMILES string of the molecule is CCN(CCCNC(=O)c1cc(Br)cnc1Cl)S(C)(=O)=O. The molecule has 0 spiro atoms. The van der Waals surface area contributed by atoms with E-state index in [9.17, 15) is 13.2 Å². The Morgan fingerprint density at radius 3 is 2.76 bits per heavy atom. The molecule has 0 aliphatic heterocycles. The Morgan fingerprint density at radius 2 is 2.19 bits per heavy atom. The summed E-state index contributed by atoms with van der Waals surface area (Å²) in [5, 5.41) is 2.82. The lowest BCUT2D eigenvalue weighted by Gasteiger charge is -2.17. The van der Waals surface area contributed by atoms with Crippen LogP contribution in [0.15, 0.2) is 16.7 Å². The summed E-state index contributed by atoms with van der Waals surface area (Å²) in [5.41, 5.74) is 0.279. The molecule has 118 valence electrons. The summed E-state index contributed by atoms with van der Waals surface area (Å²) in [6.07, 6.45) is 3.19. The second-order valence-electron chi connectivity index (χ2n) is 4.36. The van der Waals surface area contributed by atoms with Crippen LogP contribution in [-0.4, -0.2) is 49.5 Å². The van der Waals surface area contributed by atoms with Gasteiger partial charge < -0.3 is 5.32 Å². The van der Waals surface area contributed by atoms with E-state index in [0.29, 0.717) is 30.5 Å². The standard InChI is InChI=1S/C12H17BrClN3O3S/c1-3-17(21(2,19)20)6-4-5-15-12(18)10-7-9(13)8-16-11(10)14/h7-8H,3-6H2,1-2H3,(H,15,18). The van der Waals surface area contributed by atoms with Crippen LogP contribution in [0.4, 0.5) is 0 Å². The van der Waals surface area contributed by atoms with E-state index in [0.717, 1.165) is 0 Å². The van der Waals surface area contributed by atoms with Crippen molar-refractivity contribution in [3.05, 3.63) is 27.5 Å². The maximum absolute atomic E-state index is 11.9. The molecule has 1 amide bonds. The van der Waals surface area contributed by atoms with Gasteiger partial charge in [0, 0.05) is 30.3 Å². The summed E-state index contributed by atoms with van der Waals surface area (Å²) >= 11 is 9.08. The molecule has 0 atom stereocenters. The van der Waals surface area contributed by atoms with E-state index in [2.05, 4.69) is 26.2 Å². The molecule has 0 bridgehead atoms. The molecule has 21 heavy (non-hydrogen) atoms. The topological polar surface area (TPSA) is 79.4 Å². The van der Waals surface area contributed by atoms with Crippen molar-refractivity contribution < 1.29 is 13.2 Å². The second kappa shape index (κ2) is 8.07. The third-order valence-corrected chi connectivity index (χ3v) is 4.86. The molecule has 1 heterocycles. The largest absolute Gasteiger partial charge is 0.352 e. The van der Waals surface area contributed by atoms with Crippen molar-refractivity contribution in [1.82, 2.24) is 14.6 Å². The minimum atomic E-state index is -3.20. The quantitative estimate of drug-likeness (QED) is 0.562. The predicted molar refractivity (Wildman–Crippen MR) is 86.0 cm³/mol. The molecule has 0 aliphatic carbocycles. The lowest BCUT2D eigenvalue weighted by molar-refractivity contribution is 0.0952. The summed E-state index contributed by atoms with van der Waals surface area (Å²) in [6.45, 7) is 2.90. The first-order valence-electron chi connectivity index (χ1n) is 6.30. The smallest absolute Gasteiger partial charge is 0.254 e. The number of hydrogen-bond donors (Lipinski definition) is 1. The number of carbonyl (C=O) groups is 1. The zero-order chi connectivity index (χ0) is 16.0. The number of nitrogens with one attached hydrogen (secondary N) is 1. The fraction of sp³-hybridized carbons (Fsp3) is 0.500. The van der Waals surface area contributed by atoms with Gasteiger partial charge in [0.1, 0.15) is 5.15 Å². The number of pyridine rings is 1. The van der Waals surface area contributed by atoms with Gasteiger partial charge in [0.05, 0.1) is 11.8 Å². The Labute approximate surface area is 138 Å². The van der Waals surface area contributed by atoms with E-state index in [-0.39, 0.29) is 16.6 Å². The summed E-state index contributed by atoms with van der Waals surface area (Å²) < 4.78 is 24.8. The molecule has 0 fully saturated rings. The zero-order valence-electron chi connectivity index (χ0n) is 11.8. The van der Waals surface area contributed by atoms with Crippen LogP contribution in [0.3, 0.4) is 0 Å². The molecule has 1 N–H and O–H groups in total. The molecule has 1 aromatic heterocycles. The maximum Gasteiger partial charge on any atom is 0.254 e. The zero-order valence-corrected chi connectivity index (χ0v) is 14.9. The van der Waals surface area contributed by atoms with E-state index >= 15 is 0 Å². The average molecular weight is 399 g/mol. The van der Waals surface area contributed by atoms with Gasteiger partial charge in [-0.15, -0.1) is 0 Å². The highest BCUT2D eigenvalue weighted by Crippen LogP contribution is 2.17. The first-order chi connectivity index (χ1) is 9.75. The minimum absolute atomic E-state index is 0.127. The number of rotatable bonds is 7. The number of hydrogen-bond acceptors (Lipinski definition) is 4. The first-order valence-corrected chi connectivity index (χ1v) is 9.32. The Kier molecular flexibility index (Phi) is 7.05. The van der Waals surface area contributed by atoms with Crippen molar-refractivity contribution in [3.63, 3.8) is 0 Å². The van der Waals surface area contributed by atoms with E-state index in [4.69, 9.17) is 11.6 Å². The van der Waals surface area contributed by atoms with Crippen LogP contribution in [0.2, 0.25) is 5.15 Å². The van der Waals surface area contributed by atoms with Gasteiger partial charge in [0.15, 0.2) is 0 Å². The minimum Gasteiger partial charge on any atom is -0.352 e. The number of nitrogens with zero attached hydrogens (tertiary/aromatic N) is 2. The van der Waals surface area contributed by atoms with Crippen molar-refractivity contribution in [3.8, 4) is 0 Å². The number of sulfonamides is 1. The fourth-order valence-corrected chi connectivity index (χ4v) is 3.14. The first kappa shape index (κ1) is 18.3.